The van der Waals surface area contributed by atoms with Gasteiger partial charge >= 0.3 is 0 Å². The van der Waals surface area contributed by atoms with E-state index in [1.165, 1.54) is 5.56 Å². The summed E-state index contributed by atoms with van der Waals surface area (Å²) in [5.74, 6) is 0.363. The molecule has 32 heavy (non-hydrogen) atoms. The number of hydrogen-bond acceptors (Lipinski definition) is 4. The van der Waals surface area contributed by atoms with E-state index in [4.69, 9.17) is 32.7 Å². The second-order valence-corrected chi connectivity index (χ2v) is 9.08. The monoisotopic (exact) mass is 476 g/mol. The van der Waals surface area contributed by atoms with Gasteiger partial charge in [-0.3, -0.25) is 9.59 Å². The Labute approximate surface area is 197 Å². The van der Waals surface area contributed by atoms with Gasteiger partial charge in [0.2, 0.25) is 0 Å². The van der Waals surface area contributed by atoms with Crippen molar-refractivity contribution in [2.24, 2.45) is 0 Å². The summed E-state index contributed by atoms with van der Waals surface area (Å²) in [6, 6.07) is 12.5. The third-order valence-corrected chi connectivity index (χ3v) is 6.51. The lowest BCUT2D eigenvalue weighted by molar-refractivity contribution is -0.150. The van der Waals surface area contributed by atoms with Crippen LogP contribution in [0, 0.1) is 0 Å². The maximum absolute atomic E-state index is 13.1. The number of amides is 2. The van der Waals surface area contributed by atoms with E-state index in [2.05, 4.69) is 5.32 Å². The third-order valence-electron chi connectivity index (χ3n) is 6.03. The van der Waals surface area contributed by atoms with Crippen LogP contribution >= 0.6 is 23.2 Å². The van der Waals surface area contributed by atoms with Gasteiger partial charge in [-0.15, -0.1) is 0 Å². The van der Waals surface area contributed by atoms with Gasteiger partial charge in [0.1, 0.15) is 11.9 Å². The van der Waals surface area contributed by atoms with Gasteiger partial charge in [0.05, 0.1) is 18.7 Å². The first-order valence-corrected chi connectivity index (χ1v) is 11.5. The van der Waals surface area contributed by atoms with Crippen molar-refractivity contribution in [2.75, 3.05) is 19.8 Å². The van der Waals surface area contributed by atoms with E-state index in [0.29, 0.717) is 36.8 Å². The van der Waals surface area contributed by atoms with Crippen LogP contribution in [0.5, 0.6) is 5.75 Å². The largest absolute Gasteiger partial charge is 0.484 e. The minimum absolute atomic E-state index is 0.00829. The fraction of sp³-hybridized carbons (Fsp3) is 0.417. The zero-order valence-electron chi connectivity index (χ0n) is 17.9. The summed E-state index contributed by atoms with van der Waals surface area (Å²) < 4.78 is 11.3. The van der Waals surface area contributed by atoms with Crippen LogP contribution in [-0.4, -0.2) is 48.6 Å². The molecule has 1 saturated heterocycles. The van der Waals surface area contributed by atoms with Crippen LogP contribution in [0.3, 0.4) is 0 Å². The number of carbonyl (C=O) groups is 2. The average Bonchev–Trinajstić information content (AvgIpc) is 2.79. The normalized spacial score (nSPS) is 22.7. The molecular weight excluding hydrogens is 451 g/mol. The third kappa shape index (κ3) is 5.37. The Morgan fingerprint density at radius 1 is 1.12 bits per heavy atom. The highest BCUT2D eigenvalue weighted by atomic mass is 35.5. The molecule has 2 heterocycles. The molecule has 1 fully saturated rings. The standard InChI is InChI=1S/C24H26Cl2N2O4/c1-15-21-8-4-18(26)12-16(21)10-11-28(15)24(30)22-9-5-19(13-32-22)27-23(29)14-31-20-6-2-17(25)3-7-20/h2-4,6-8,12,15,19,22H,5,9-11,13-14H2,1H3,(H,27,29)/t15-,19+,22-/m1/s1. The Hall–Kier alpha value is -2.28. The van der Waals surface area contributed by atoms with Crippen LogP contribution in [0.4, 0.5) is 0 Å². The van der Waals surface area contributed by atoms with E-state index in [-0.39, 0.29) is 30.5 Å². The van der Waals surface area contributed by atoms with E-state index in [1.807, 2.05) is 30.0 Å². The molecule has 0 saturated carbocycles. The predicted octanol–water partition coefficient (Wildman–Crippen LogP) is 4.18. The van der Waals surface area contributed by atoms with Crippen LogP contribution in [0.2, 0.25) is 10.0 Å². The Morgan fingerprint density at radius 3 is 2.59 bits per heavy atom. The number of ether oxygens (including phenoxy) is 2. The van der Waals surface area contributed by atoms with Crippen LogP contribution in [-0.2, 0) is 20.7 Å². The van der Waals surface area contributed by atoms with Gasteiger partial charge in [0.25, 0.3) is 11.8 Å². The second kappa shape index (κ2) is 10.1. The quantitative estimate of drug-likeness (QED) is 0.702. The number of nitrogens with zero attached hydrogens (tertiary/aromatic N) is 1. The molecule has 2 aromatic carbocycles. The molecule has 4 rings (SSSR count). The van der Waals surface area contributed by atoms with E-state index < -0.39 is 6.10 Å². The molecule has 0 aromatic heterocycles. The molecule has 0 spiro atoms. The first kappa shape index (κ1) is 22.9. The van der Waals surface area contributed by atoms with Crippen molar-refractivity contribution in [2.45, 2.75) is 44.4 Å². The fourth-order valence-electron chi connectivity index (χ4n) is 4.30. The molecule has 2 aliphatic heterocycles. The number of fused-ring (bicyclic) bond motifs is 1. The lowest BCUT2D eigenvalue weighted by atomic mass is 9.92. The molecule has 2 aromatic rings. The van der Waals surface area contributed by atoms with Crippen molar-refractivity contribution in [3.8, 4) is 5.75 Å². The van der Waals surface area contributed by atoms with Crippen LogP contribution < -0.4 is 10.1 Å². The molecule has 170 valence electrons. The van der Waals surface area contributed by atoms with Crippen molar-refractivity contribution in [1.29, 1.82) is 0 Å². The van der Waals surface area contributed by atoms with Gasteiger partial charge in [-0.05, 0) is 73.7 Å². The SMILES string of the molecule is C[C@@H]1c2ccc(Cl)cc2CCN1C(=O)[C@H]1CC[C@H](NC(=O)COc2ccc(Cl)cc2)CO1. The first-order valence-electron chi connectivity index (χ1n) is 10.8. The van der Waals surface area contributed by atoms with Gasteiger partial charge in [0.15, 0.2) is 6.61 Å². The molecule has 6 nitrogen and oxygen atoms in total. The molecular formula is C24H26Cl2N2O4. The highest BCUT2D eigenvalue weighted by molar-refractivity contribution is 6.30. The predicted molar refractivity (Wildman–Crippen MR) is 123 cm³/mol. The summed E-state index contributed by atoms with van der Waals surface area (Å²) in [5.41, 5.74) is 2.33. The van der Waals surface area contributed by atoms with Gasteiger partial charge in [-0.1, -0.05) is 29.3 Å². The summed E-state index contributed by atoms with van der Waals surface area (Å²) >= 11 is 12.0. The summed E-state index contributed by atoms with van der Waals surface area (Å²) in [6.45, 7) is 2.90. The van der Waals surface area contributed by atoms with Crippen molar-refractivity contribution >= 4 is 35.0 Å². The number of benzene rings is 2. The molecule has 2 amide bonds. The van der Waals surface area contributed by atoms with Gasteiger partial charge < -0.3 is 19.7 Å². The molecule has 2 aliphatic rings. The van der Waals surface area contributed by atoms with Gasteiger partial charge in [0, 0.05) is 16.6 Å². The Kier molecular flexibility index (Phi) is 7.23. The van der Waals surface area contributed by atoms with E-state index in [9.17, 15) is 9.59 Å². The Balaban J connectivity index is 1.24. The molecule has 8 heteroatoms. The van der Waals surface area contributed by atoms with Crippen molar-refractivity contribution < 1.29 is 19.1 Å². The highest BCUT2D eigenvalue weighted by Crippen LogP contribution is 2.32. The molecule has 1 N–H and O–H groups in total. The van der Waals surface area contributed by atoms with Crippen molar-refractivity contribution in [3.05, 3.63) is 63.6 Å². The van der Waals surface area contributed by atoms with Crippen molar-refractivity contribution in [3.63, 3.8) is 0 Å². The van der Waals surface area contributed by atoms with E-state index >= 15 is 0 Å². The fourth-order valence-corrected chi connectivity index (χ4v) is 4.62. The smallest absolute Gasteiger partial charge is 0.258 e. The number of carbonyl (C=O) groups excluding carboxylic acids is 2. The minimum atomic E-state index is -0.482. The maximum Gasteiger partial charge on any atom is 0.258 e. The summed E-state index contributed by atoms with van der Waals surface area (Å²) in [7, 11) is 0. The summed E-state index contributed by atoms with van der Waals surface area (Å²) in [5, 5.41) is 4.24. The zero-order valence-corrected chi connectivity index (χ0v) is 19.4. The summed E-state index contributed by atoms with van der Waals surface area (Å²) in [4.78, 5) is 27.2. The van der Waals surface area contributed by atoms with Crippen LogP contribution in [0.15, 0.2) is 42.5 Å². The second-order valence-electron chi connectivity index (χ2n) is 8.21. The number of rotatable bonds is 5. The van der Waals surface area contributed by atoms with E-state index in [1.54, 1.807) is 24.3 Å². The molecule has 0 radical (unpaired) electrons. The first-order chi connectivity index (χ1) is 15.4. The topological polar surface area (TPSA) is 67.9 Å². The molecule has 3 atom stereocenters. The summed E-state index contributed by atoms with van der Waals surface area (Å²) in [6.07, 6.45) is 1.55. The van der Waals surface area contributed by atoms with Gasteiger partial charge in [-0.2, -0.15) is 0 Å². The van der Waals surface area contributed by atoms with Crippen LogP contribution in [0.25, 0.3) is 0 Å². The van der Waals surface area contributed by atoms with E-state index in [0.717, 1.165) is 17.0 Å². The maximum atomic E-state index is 13.1. The molecule has 0 aliphatic carbocycles. The van der Waals surface area contributed by atoms with Crippen LogP contribution in [0.1, 0.15) is 36.9 Å². The Bertz CT molecular complexity index is 974. The minimum Gasteiger partial charge on any atom is -0.484 e. The molecule has 0 unspecified atom stereocenters. The highest BCUT2D eigenvalue weighted by Gasteiger charge is 2.35. The lowest BCUT2D eigenvalue weighted by Crippen LogP contribution is -2.50. The number of halogens is 2. The number of hydrogen-bond donors (Lipinski definition) is 1. The zero-order chi connectivity index (χ0) is 22.7. The van der Waals surface area contributed by atoms with Crippen molar-refractivity contribution in [1.82, 2.24) is 10.2 Å². The van der Waals surface area contributed by atoms with Gasteiger partial charge in [-0.25, -0.2) is 0 Å². The number of nitrogens with one attached hydrogen (secondary N) is 1. The lowest BCUT2D eigenvalue weighted by Gasteiger charge is -2.39. The average molecular weight is 477 g/mol. The molecule has 0 bridgehead atoms. The Morgan fingerprint density at radius 2 is 1.88 bits per heavy atom.